The largest absolute Gasteiger partial charge is 0.478 e. The number of carboxylic acid groups (broad SMARTS) is 2. The molecule has 0 rings (SSSR count). The summed E-state index contributed by atoms with van der Waals surface area (Å²) in [6, 6.07) is 0. The first-order chi connectivity index (χ1) is 6.54. The van der Waals surface area contributed by atoms with Gasteiger partial charge in [-0.25, -0.2) is 9.59 Å². The molecule has 0 heterocycles. The van der Waals surface area contributed by atoms with Gasteiger partial charge in [0.25, 0.3) is 0 Å². The molecular formula is C10H14O4. The Morgan fingerprint density at radius 3 is 1.86 bits per heavy atom. The average Bonchev–Trinajstić information content (AvgIpc) is 2.12. The predicted molar refractivity (Wildman–Crippen MR) is 54.0 cm³/mol. The van der Waals surface area contributed by atoms with Crippen molar-refractivity contribution in [2.45, 2.75) is 13.3 Å². The fraction of sp³-hybridized carbons (Fsp3) is 0.200. The summed E-state index contributed by atoms with van der Waals surface area (Å²) in [5.74, 6) is -1.82. The van der Waals surface area contributed by atoms with Gasteiger partial charge in [-0.05, 0) is 6.42 Å². The van der Waals surface area contributed by atoms with E-state index in [0.29, 0.717) is 0 Å². The summed E-state index contributed by atoms with van der Waals surface area (Å²) in [4.78, 5) is 19.3. The number of allylic oxidation sites excluding steroid dienone is 3. The maximum atomic E-state index is 9.67. The third kappa shape index (κ3) is 22.5. The summed E-state index contributed by atoms with van der Waals surface area (Å²) in [5.41, 5.74) is 0. The van der Waals surface area contributed by atoms with E-state index in [0.717, 1.165) is 18.6 Å². The molecule has 0 radical (unpaired) electrons. The van der Waals surface area contributed by atoms with E-state index in [1.807, 2.05) is 6.92 Å². The van der Waals surface area contributed by atoms with Crippen molar-refractivity contribution in [3.63, 3.8) is 0 Å². The third-order valence-corrected chi connectivity index (χ3v) is 0.871. The van der Waals surface area contributed by atoms with Crippen LogP contribution >= 0.6 is 0 Å². The lowest BCUT2D eigenvalue weighted by atomic mass is 10.4. The van der Waals surface area contributed by atoms with Crippen LogP contribution < -0.4 is 0 Å². The first kappa shape index (κ1) is 14.7. The molecule has 0 unspecified atom stereocenters. The van der Waals surface area contributed by atoms with E-state index in [4.69, 9.17) is 10.2 Å². The van der Waals surface area contributed by atoms with Crippen molar-refractivity contribution in [1.29, 1.82) is 0 Å². The van der Waals surface area contributed by atoms with Gasteiger partial charge in [-0.3, -0.25) is 0 Å². The lowest BCUT2D eigenvalue weighted by Crippen LogP contribution is -1.84. The minimum Gasteiger partial charge on any atom is -0.478 e. The minimum absolute atomic E-state index is 0.784. The van der Waals surface area contributed by atoms with Gasteiger partial charge in [0.15, 0.2) is 0 Å². The van der Waals surface area contributed by atoms with E-state index in [1.54, 1.807) is 6.08 Å². The fourth-order valence-corrected chi connectivity index (χ4v) is 0.369. The highest BCUT2D eigenvalue weighted by Crippen LogP contribution is 1.76. The lowest BCUT2D eigenvalue weighted by molar-refractivity contribution is -0.132. The predicted octanol–water partition coefficient (Wildman–Crippen LogP) is 1.85. The number of carbonyl (C=O) groups is 2. The second-order valence-corrected chi connectivity index (χ2v) is 2.08. The Balaban J connectivity index is 0. The molecular weight excluding hydrogens is 184 g/mol. The molecule has 0 aliphatic rings. The highest BCUT2D eigenvalue weighted by atomic mass is 16.4. The molecule has 78 valence electrons. The summed E-state index contributed by atoms with van der Waals surface area (Å²) < 4.78 is 0. The molecule has 0 bridgehead atoms. The van der Waals surface area contributed by atoms with E-state index in [2.05, 4.69) is 6.58 Å². The Morgan fingerprint density at radius 2 is 1.71 bits per heavy atom. The van der Waals surface area contributed by atoms with Crippen molar-refractivity contribution >= 4 is 11.9 Å². The van der Waals surface area contributed by atoms with E-state index in [-0.39, 0.29) is 0 Å². The van der Waals surface area contributed by atoms with Crippen LogP contribution in [0.15, 0.2) is 37.0 Å². The molecule has 0 aromatic heterocycles. The topological polar surface area (TPSA) is 74.6 Å². The van der Waals surface area contributed by atoms with Gasteiger partial charge in [0, 0.05) is 12.2 Å². The van der Waals surface area contributed by atoms with Crippen LogP contribution in [0.4, 0.5) is 0 Å². The van der Waals surface area contributed by atoms with Crippen molar-refractivity contribution in [2.75, 3.05) is 0 Å². The van der Waals surface area contributed by atoms with Crippen LogP contribution in [0.1, 0.15) is 13.3 Å². The van der Waals surface area contributed by atoms with Crippen LogP contribution in [0.2, 0.25) is 0 Å². The lowest BCUT2D eigenvalue weighted by Gasteiger charge is -1.73. The molecule has 2 N–H and O–H groups in total. The van der Waals surface area contributed by atoms with Gasteiger partial charge in [0.1, 0.15) is 0 Å². The molecule has 0 spiro atoms. The Labute approximate surface area is 82.9 Å². The summed E-state index contributed by atoms with van der Waals surface area (Å²) in [6.07, 6.45) is 7.32. The first-order valence-electron chi connectivity index (χ1n) is 3.96. The third-order valence-electron chi connectivity index (χ3n) is 0.871. The van der Waals surface area contributed by atoms with E-state index in [9.17, 15) is 9.59 Å². The van der Waals surface area contributed by atoms with E-state index < -0.39 is 11.9 Å². The molecule has 0 atom stereocenters. The van der Waals surface area contributed by atoms with Crippen LogP contribution in [0.3, 0.4) is 0 Å². The zero-order chi connectivity index (χ0) is 11.4. The van der Waals surface area contributed by atoms with E-state index in [1.165, 1.54) is 12.2 Å². The molecule has 0 fully saturated rings. The number of hydrogen-bond acceptors (Lipinski definition) is 2. The Bertz CT molecular complexity index is 239. The molecule has 0 aliphatic heterocycles. The highest BCUT2D eigenvalue weighted by molar-refractivity contribution is 5.80. The Kier molecular flexibility index (Phi) is 11.7. The summed E-state index contributed by atoms with van der Waals surface area (Å²) in [5, 5.41) is 15.9. The van der Waals surface area contributed by atoms with Crippen LogP contribution in [0, 0.1) is 0 Å². The zero-order valence-corrected chi connectivity index (χ0v) is 8.01. The van der Waals surface area contributed by atoms with Gasteiger partial charge in [-0.15, -0.1) is 0 Å². The summed E-state index contributed by atoms with van der Waals surface area (Å²) >= 11 is 0. The second-order valence-electron chi connectivity index (χ2n) is 2.08. The van der Waals surface area contributed by atoms with Gasteiger partial charge in [0.2, 0.25) is 0 Å². The number of carboxylic acids is 2. The quantitative estimate of drug-likeness (QED) is 0.534. The molecule has 14 heavy (non-hydrogen) atoms. The normalized spacial score (nSPS) is 9.50. The molecule has 4 heteroatoms. The van der Waals surface area contributed by atoms with E-state index >= 15 is 0 Å². The molecule has 0 aromatic rings. The van der Waals surface area contributed by atoms with Crippen molar-refractivity contribution in [3.05, 3.63) is 37.0 Å². The standard InChI is InChI=1S/C5H8O2.C5H6O2/c2*1-2-3-4-5(6)7/h3-4H,2H2,1H3,(H,6,7);2-4H,1H2,(H,6,7). The smallest absolute Gasteiger partial charge is 0.328 e. The molecule has 0 aliphatic carbocycles. The van der Waals surface area contributed by atoms with Crippen molar-refractivity contribution in [1.82, 2.24) is 0 Å². The zero-order valence-electron chi connectivity index (χ0n) is 8.01. The van der Waals surface area contributed by atoms with Gasteiger partial charge >= 0.3 is 11.9 Å². The molecule has 4 nitrogen and oxygen atoms in total. The fourth-order valence-electron chi connectivity index (χ4n) is 0.369. The first-order valence-corrected chi connectivity index (χ1v) is 3.96. The van der Waals surface area contributed by atoms with Crippen molar-refractivity contribution in [3.8, 4) is 0 Å². The number of aliphatic carboxylic acids is 2. The molecule has 0 saturated heterocycles. The van der Waals surface area contributed by atoms with Crippen molar-refractivity contribution in [2.24, 2.45) is 0 Å². The van der Waals surface area contributed by atoms with Crippen LogP contribution in [-0.2, 0) is 9.59 Å². The monoisotopic (exact) mass is 198 g/mol. The van der Waals surface area contributed by atoms with Crippen LogP contribution in [-0.4, -0.2) is 22.2 Å². The Morgan fingerprint density at radius 1 is 1.21 bits per heavy atom. The number of rotatable bonds is 4. The highest BCUT2D eigenvalue weighted by Gasteiger charge is 1.79. The Hall–Kier alpha value is -1.84. The molecule has 0 saturated carbocycles. The van der Waals surface area contributed by atoms with Gasteiger partial charge < -0.3 is 10.2 Å². The maximum absolute atomic E-state index is 9.67. The summed E-state index contributed by atoms with van der Waals surface area (Å²) in [7, 11) is 0. The maximum Gasteiger partial charge on any atom is 0.328 e. The minimum atomic E-state index is -0.945. The van der Waals surface area contributed by atoms with Crippen molar-refractivity contribution < 1.29 is 19.8 Å². The second kappa shape index (κ2) is 11.2. The SMILES string of the molecule is C=CC=CC(=O)O.CCC=CC(=O)O. The molecule has 0 aromatic carbocycles. The number of hydrogen-bond donors (Lipinski definition) is 2. The van der Waals surface area contributed by atoms with Crippen LogP contribution in [0.5, 0.6) is 0 Å². The average molecular weight is 198 g/mol. The van der Waals surface area contributed by atoms with Gasteiger partial charge in [0.05, 0.1) is 0 Å². The van der Waals surface area contributed by atoms with Gasteiger partial charge in [-0.2, -0.15) is 0 Å². The summed E-state index contributed by atoms with van der Waals surface area (Å²) in [6.45, 7) is 5.17. The van der Waals surface area contributed by atoms with Gasteiger partial charge in [-0.1, -0.05) is 31.7 Å². The molecule has 0 amide bonds. The van der Waals surface area contributed by atoms with Crippen LogP contribution in [0.25, 0.3) is 0 Å².